The van der Waals surface area contributed by atoms with E-state index in [9.17, 15) is 0 Å². The molecule has 3 heteroatoms. The molecule has 0 spiro atoms. The molecule has 0 radical (unpaired) electrons. The van der Waals surface area contributed by atoms with Gasteiger partial charge in [0.15, 0.2) is 0 Å². The standard InChI is InChI=1S/C6H9NS2/c1-8-5-3-4-6(7-5)9-2/h3-4,7H,1-2H3. The van der Waals surface area contributed by atoms with Gasteiger partial charge in [-0.25, -0.2) is 0 Å². The molecule has 0 aliphatic carbocycles. The summed E-state index contributed by atoms with van der Waals surface area (Å²) in [5.41, 5.74) is 0. The van der Waals surface area contributed by atoms with Crippen LogP contribution in [0.2, 0.25) is 0 Å². The largest absolute Gasteiger partial charge is 0.345 e. The van der Waals surface area contributed by atoms with E-state index in [1.54, 1.807) is 23.5 Å². The molecule has 1 nitrogen and oxygen atoms in total. The van der Waals surface area contributed by atoms with Crippen LogP contribution in [0.15, 0.2) is 22.2 Å². The fourth-order valence-corrected chi connectivity index (χ4v) is 1.49. The molecule has 1 heterocycles. The molecule has 1 aromatic rings. The SMILES string of the molecule is CSc1ccc(SC)[nH]1. The summed E-state index contributed by atoms with van der Waals surface area (Å²) in [4.78, 5) is 3.24. The zero-order chi connectivity index (χ0) is 6.69. The summed E-state index contributed by atoms with van der Waals surface area (Å²) >= 11 is 3.47. The summed E-state index contributed by atoms with van der Waals surface area (Å²) in [7, 11) is 0. The van der Waals surface area contributed by atoms with E-state index in [1.165, 1.54) is 10.1 Å². The van der Waals surface area contributed by atoms with E-state index < -0.39 is 0 Å². The van der Waals surface area contributed by atoms with Crippen LogP contribution in [-0.2, 0) is 0 Å². The van der Waals surface area contributed by atoms with Crippen molar-refractivity contribution in [2.24, 2.45) is 0 Å². The highest BCUT2D eigenvalue weighted by Crippen LogP contribution is 2.18. The highest BCUT2D eigenvalue weighted by molar-refractivity contribution is 7.99. The van der Waals surface area contributed by atoms with Crippen LogP contribution in [0, 0.1) is 0 Å². The van der Waals surface area contributed by atoms with Gasteiger partial charge in [-0.1, -0.05) is 0 Å². The number of thioether (sulfide) groups is 2. The Morgan fingerprint density at radius 3 is 1.78 bits per heavy atom. The van der Waals surface area contributed by atoms with E-state index in [0.717, 1.165) is 0 Å². The van der Waals surface area contributed by atoms with Gasteiger partial charge in [-0.2, -0.15) is 0 Å². The lowest BCUT2D eigenvalue weighted by atomic mass is 10.7. The Kier molecular flexibility index (Phi) is 2.54. The summed E-state index contributed by atoms with van der Waals surface area (Å²) in [6, 6.07) is 4.19. The van der Waals surface area contributed by atoms with Crippen LogP contribution in [0.4, 0.5) is 0 Å². The van der Waals surface area contributed by atoms with Crippen molar-refractivity contribution in [2.45, 2.75) is 10.1 Å². The number of hydrogen-bond donors (Lipinski definition) is 1. The number of rotatable bonds is 2. The Hall–Kier alpha value is -0.0200. The van der Waals surface area contributed by atoms with Gasteiger partial charge in [0.1, 0.15) is 0 Å². The van der Waals surface area contributed by atoms with Gasteiger partial charge in [-0.15, -0.1) is 23.5 Å². The van der Waals surface area contributed by atoms with Crippen molar-refractivity contribution in [1.29, 1.82) is 0 Å². The predicted molar refractivity (Wildman–Crippen MR) is 44.4 cm³/mol. The Morgan fingerprint density at radius 2 is 1.56 bits per heavy atom. The van der Waals surface area contributed by atoms with E-state index in [1.807, 2.05) is 0 Å². The molecule has 0 saturated heterocycles. The third-order valence-electron chi connectivity index (χ3n) is 1.07. The number of aromatic nitrogens is 1. The topological polar surface area (TPSA) is 15.8 Å². The van der Waals surface area contributed by atoms with Crippen LogP contribution < -0.4 is 0 Å². The first-order chi connectivity index (χ1) is 4.36. The summed E-state index contributed by atoms with van der Waals surface area (Å²) in [5, 5.41) is 2.47. The number of aromatic amines is 1. The van der Waals surface area contributed by atoms with Crippen molar-refractivity contribution in [2.75, 3.05) is 12.5 Å². The van der Waals surface area contributed by atoms with E-state index in [-0.39, 0.29) is 0 Å². The van der Waals surface area contributed by atoms with Crippen LogP contribution in [0.25, 0.3) is 0 Å². The molecule has 9 heavy (non-hydrogen) atoms. The fourth-order valence-electron chi connectivity index (χ4n) is 0.594. The van der Waals surface area contributed by atoms with Crippen LogP contribution >= 0.6 is 23.5 Å². The Bertz CT molecular complexity index is 164. The molecular weight excluding hydrogens is 150 g/mol. The minimum atomic E-state index is 1.24. The first kappa shape index (κ1) is 7.09. The maximum atomic E-state index is 3.24. The minimum absolute atomic E-state index is 1.24. The zero-order valence-corrected chi connectivity index (χ0v) is 7.10. The average molecular weight is 159 g/mol. The molecule has 0 atom stereocenters. The second kappa shape index (κ2) is 3.22. The monoisotopic (exact) mass is 159 g/mol. The van der Waals surface area contributed by atoms with Gasteiger partial charge in [0.2, 0.25) is 0 Å². The lowest BCUT2D eigenvalue weighted by Crippen LogP contribution is -1.67. The van der Waals surface area contributed by atoms with Crippen molar-refractivity contribution in [1.82, 2.24) is 4.98 Å². The molecule has 1 rings (SSSR count). The highest BCUT2D eigenvalue weighted by atomic mass is 32.2. The Morgan fingerprint density at radius 1 is 1.11 bits per heavy atom. The Labute approximate surface area is 63.6 Å². The van der Waals surface area contributed by atoms with E-state index >= 15 is 0 Å². The maximum absolute atomic E-state index is 3.24. The summed E-state index contributed by atoms with van der Waals surface area (Å²) in [6.07, 6.45) is 4.13. The van der Waals surface area contributed by atoms with E-state index in [0.29, 0.717) is 0 Å². The number of hydrogen-bond acceptors (Lipinski definition) is 2. The summed E-state index contributed by atoms with van der Waals surface area (Å²) in [6.45, 7) is 0. The third kappa shape index (κ3) is 1.69. The highest BCUT2D eigenvalue weighted by Gasteiger charge is 1.92. The van der Waals surface area contributed by atoms with Crippen molar-refractivity contribution in [3.05, 3.63) is 12.1 Å². The molecule has 1 N–H and O–H groups in total. The van der Waals surface area contributed by atoms with Crippen LogP contribution in [0.3, 0.4) is 0 Å². The van der Waals surface area contributed by atoms with Gasteiger partial charge in [-0.05, 0) is 24.6 Å². The van der Waals surface area contributed by atoms with Crippen molar-refractivity contribution < 1.29 is 0 Å². The van der Waals surface area contributed by atoms with Gasteiger partial charge in [0.25, 0.3) is 0 Å². The summed E-state index contributed by atoms with van der Waals surface area (Å²) in [5.74, 6) is 0. The van der Waals surface area contributed by atoms with E-state index in [2.05, 4.69) is 29.6 Å². The first-order valence-electron chi connectivity index (χ1n) is 2.64. The molecule has 0 saturated carbocycles. The quantitative estimate of drug-likeness (QED) is 0.667. The van der Waals surface area contributed by atoms with Crippen molar-refractivity contribution in [3.63, 3.8) is 0 Å². The van der Waals surface area contributed by atoms with Crippen LogP contribution in [-0.4, -0.2) is 17.5 Å². The molecular formula is C6H9NS2. The average Bonchev–Trinajstić information content (AvgIpc) is 2.34. The number of H-pyrrole nitrogens is 1. The summed E-state index contributed by atoms with van der Waals surface area (Å²) < 4.78 is 0. The fraction of sp³-hybridized carbons (Fsp3) is 0.333. The predicted octanol–water partition coefficient (Wildman–Crippen LogP) is 2.46. The minimum Gasteiger partial charge on any atom is -0.345 e. The van der Waals surface area contributed by atoms with Gasteiger partial charge < -0.3 is 4.98 Å². The lowest BCUT2D eigenvalue weighted by Gasteiger charge is -1.87. The lowest BCUT2D eigenvalue weighted by molar-refractivity contribution is 1.09. The van der Waals surface area contributed by atoms with E-state index in [4.69, 9.17) is 0 Å². The molecule has 0 unspecified atom stereocenters. The maximum Gasteiger partial charge on any atom is 0.0727 e. The van der Waals surface area contributed by atoms with Gasteiger partial charge in [0.05, 0.1) is 10.1 Å². The molecule has 0 bridgehead atoms. The second-order valence-electron chi connectivity index (χ2n) is 1.60. The van der Waals surface area contributed by atoms with Gasteiger partial charge in [0, 0.05) is 0 Å². The molecule has 0 aromatic carbocycles. The normalized spacial score (nSPS) is 10.0. The zero-order valence-electron chi connectivity index (χ0n) is 5.47. The molecule has 0 aliphatic heterocycles. The molecule has 0 fully saturated rings. The Balaban J connectivity index is 2.74. The van der Waals surface area contributed by atoms with Crippen molar-refractivity contribution in [3.8, 4) is 0 Å². The molecule has 1 aromatic heterocycles. The van der Waals surface area contributed by atoms with Crippen LogP contribution in [0.5, 0.6) is 0 Å². The van der Waals surface area contributed by atoms with Gasteiger partial charge >= 0.3 is 0 Å². The number of nitrogens with one attached hydrogen (secondary N) is 1. The van der Waals surface area contributed by atoms with Gasteiger partial charge in [-0.3, -0.25) is 0 Å². The van der Waals surface area contributed by atoms with Crippen LogP contribution in [0.1, 0.15) is 0 Å². The van der Waals surface area contributed by atoms with Crippen molar-refractivity contribution >= 4 is 23.5 Å². The third-order valence-corrected chi connectivity index (χ3v) is 2.43. The molecule has 50 valence electrons. The molecule has 0 aliphatic rings. The smallest absolute Gasteiger partial charge is 0.0727 e. The molecule has 0 amide bonds. The second-order valence-corrected chi connectivity index (χ2v) is 3.29. The first-order valence-corrected chi connectivity index (χ1v) is 5.08.